The van der Waals surface area contributed by atoms with Crippen LogP contribution >= 0.6 is 0 Å². The molecule has 0 radical (unpaired) electrons. The van der Waals surface area contributed by atoms with Gasteiger partial charge in [0.15, 0.2) is 11.5 Å². The minimum absolute atomic E-state index is 0.0191. The highest BCUT2D eigenvalue weighted by Crippen LogP contribution is 2.36. The first kappa shape index (κ1) is 16.4. The number of benzene rings is 2. The van der Waals surface area contributed by atoms with Gasteiger partial charge in [-0.1, -0.05) is 24.3 Å². The van der Waals surface area contributed by atoms with E-state index in [1.165, 1.54) is 11.1 Å². The van der Waals surface area contributed by atoms with Gasteiger partial charge in [-0.05, 0) is 49.1 Å². The van der Waals surface area contributed by atoms with Gasteiger partial charge in [-0.15, -0.1) is 0 Å². The molecular weight excluding hydrogens is 302 g/mol. The number of fused-ring (bicyclic) bond motifs is 1. The third-order valence-electron chi connectivity index (χ3n) is 4.30. The summed E-state index contributed by atoms with van der Waals surface area (Å²) < 4.78 is 11.3. The van der Waals surface area contributed by atoms with E-state index >= 15 is 0 Å². The predicted octanol–water partition coefficient (Wildman–Crippen LogP) is 3.24. The SMILES string of the molecule is CCNC(=O)c1cccc(CC2COc3c(cccc3OC)C2)c1. The minimum Gasteiger partial charge on any atom is -0.493 e. The van der Waals surface area contributed by atoms with Crippen molar-refractivity contribution < 1.29 is 14.3 Å². The maximum atomic E-state index is 12.0. The molecule has 126 valence electrons. The van der Waals surface area contributed by atoms with Crippen molar-refractivity contribution in [2.45, 2.75) is 19.8 Å². The van der Waals surface area contributed by atoms with Crippen molar-refractivity contribution in [1.29, 1.82) is 0 Å². The third kappa shape index (κ3) is 3.53. The number of ether oxygens (including phenoxy) is 2. The van der Waals surface area contributed by atoms with Gasteiger partial charge in [0.1, 0.15) is 0 Å². The number of rotatable bonds is 5. The topological polar surface area (TPSA) is 47.6 Å². The van der Waals surface area contributed by atoms with Crippen molar-refractivity contribution >= 4 is 5.91 Å². The first-order valence-corrected chi connectivity index (χ1v) is 8.37. The summed E-state index contributed by atoms with van der Waals surface area (Å²) in [6.45, 7) is 3.23. The van der Waals surface area contributed by atoms with Crippen LogP contribution in [0.25, 0.3) is 0 Å². The number of amides is 1. The lowest BCUT2D eigenvalue weighted by atomic mass is 9.90. The molecule has 2 aromatic rings. The third-order valence-corrected chi connectivity index (χ3v) is 4.30. The molecule has 24 heavy (non-hydrogen) atoms. The molecule has 1 atom stereocenters. The average molecular weight is 325 g/mol. The highest BCUT2D eigenvalue weighted by atomic mass is 16.5. The Morgan fingerprint density at radius 1 is 1.29 bits per heavy atom. The second kappa shape index (κ2) is 7.39. The number of para-hydroxylation sites is 1. The molecule has 1 N–H and O–H groups in total. The van der Waals surface area contributed by atoms with Crippen molar-refractivity contribution in [2.24, 2.45) is 5.92 Å². The van der Waals surface area contributed by atoms with Crippen molar-refractivity contribution in [3.63, 3.8) is 0 Å². The van der Waals surface area contributed by atoms with Gasteiger partial charge in [0.2, 0.25) is 0 Å². The minimum atomic E-state index is -0.0191. The number of nitrogens with one attached hydrogen (secondary N) is 1. The first-order valence-electron chi connectivity index (χ1n) is 8.37. The zero-order valence-corrected chi connectivity index (χ0v) is 14.2. The predicted molar refractivity (Wildman–Crippen MR) is 93.8 cm³/mol. The Morgan fingerprint density at radius 2 is 2.12 bits per heavy atom. The molecule has 1 aliphatic heterocycles. The highest BCUT2D eigenvalue weighted by Gasteiger charge is 2.23. The maximum Gasteiger partial charge on any atom is 0.251 e. The number of carbonyl (C=O) groups is 1. The van der Waals surface area contributed by atoms with E-state index in [9.17, 15) is 4.79 Å². The van der Waals surface area contributed by atoms with E-state index in [0.717, 1.165) is 24.3 Å². The summed E-state index contributed by atoms with van der Waals surface area (Å²) >= 11 is 0. The van der Waals surface area contributed by atoms with Gasteiger partial charge >= 0.3 is 0 Å². The van der Waals surface area contributed by atoms with Crippen LogP contribution in [0.2, 0.25) is 0 Å². The summed E-state index contributed by atoms with van der Waals surface area (Å²) in [7, 11) is 1.66. The molecule has 1 aliphatic rings. The van der Waals surface area contributed by atoms with Gasteiger partial charge in [0, 0.05) is 18.0 Å². The van der Waals surface area contributed by atoms with Crippen LogP contribution in [0, 0.1) is 5.92 Å². The highest BCUT2D eigenvalue weighted by molar-refractivity contribution is 5.94. The molecule has 4 heteroatoms. The Balaban J connectivity index is 1.71. The Kier molecular flexibility index (Phi) is 5.04. The van der Waals surface area contributed by atoms with Crippen LogP contribution < -0.4 is 14.8 Å². The van der Waals surface area contributed by atoms with Gasteiger partial charge in [-0.2, -0.15) is 0 Å². The molecule has 2 aromatic carbocycles. The van der Waals surface area contributed by atoms with Gasteiger partial charge in [-0.25, -0.2) is 0 Å². The fourth-order valence-electron chi connectivity index (χ4n) is 3.18. The summed E-state index contributed by atoms with van der Waals surface area (Å²) in [5, 5.41) is 2.84. The van der Waals surface area contributed by atoms with E-state index in [-0.39, 0.29) is 5.91 Å². The quantitative estimate of drug-likeness (QED) is 0.918. The van der Waals surface area contributed by atoms with Crippen LogP contribution in [-0.4, -0.2) is 26.2 Å². The molecule has 0 saturated heterocycles. The Hall–Kier alpha value is -2.49. The van der Waals surface area contributed by atoms with Crippen LogP contribution in [0.3, 0.4) is 0 Å². The zero-order valence-electron chi connectivity index (χ0n) is 14.2. The van der Waals surface area contributed by atoms with Gasteiger partial charge < -0.3 is 14.8 Å². The Morgan fingerprint density at radius 3 is 2.92 bits per heavy atom. The molecule has 0 spiro atoms. The molecule has 0 aromatic heterocycles. The van der Waals surface area contributed by atoms with E-state index in [4.69, 9.17) is 9.47 Å². The van der Waals surface area contributed by atoms with Crippen LogP contribution in [0.4, 0.5) is 0 Å². The summed E-state index contributed by atoms with van der Waals surface area (Å²) in [5.41, 5.74) is 3.07. The first-order chi connectivity index (χ1) is 11.7. The average Bonchev–Trinajstić information content (AvgIpc) is 2.61. The molecule has 4 nitrogen and oxygen atoms in total. The normalized spacial score (nSPS) is 16.0. The molecule has 1 unspecified atom stereocenters. The summed E-state index contributed by atoms with van der Waals surface area (Å²) in [6, 6.07) is 13.9. The largest absolute Gasteiger partial charge is 0.493 e. The molecule has 0 saturated carbocycles. The molecule has 0 fully saturated rings. The van der Waals surface area contributed by atoms with Crippen molar-refractivity contribution in [2.75, 3.05) is 20.3 Å². The maximum absolute atomic E-state index is 12.0. The second-order valence-electron chi connectivity index (χ2n) is 6.09. The van der Waals surface area contributed by atoms with E-state index in [1.54, 1.807) is 7.11 Å². The smallest absolute Gasteiger partial charge is 0.251 e. The standard InChI is InChI=1S/C20H23NO3/c1-3-21-20(22)17-8-4-6-14(11-17)10-15-12-16-7-5-9-18(23-2)19(16)24-13-15/h4-9,11,15H,3,10,12-13H2,1-2H3,(H,21,22). The lowest BCUT2D eigenvalue weighted by Crippen LogP contribution is -2.24. The Bertz CT molecular complexity index is 727. The fraction of sp³-hybridized carbons (Fsp3) is 0.350. The van der Waals surface area contributed by atoms with Crippen molar-refractivity contribution in [3.8, 4) is 11.5 Å². The van der Waals surface area contributed by atoms with E-state index < -0.39 is 0 Å². The van der Waals surface area contributed by atoms with Crippen LogP contribution in [0.1, 0.15) is 28.4 Å². The van der Waals surface area contributed by atoms with Crippen LogP contribution in [0.15, 0.2) is 42.5 Å². The van der Waals surface area contributed by atoms with Gasteiger partial charge in [-0.3, -0.25) is 4.79 Å². The summed E-state index contributed by atoms with van der Waals surface area (Å²) in [6.07, 6.45) is 1.85. The lowest BCUT2D eigenvalue weighted by molar-refractivity contribution is 0.0955. The lowest BCUT2D eigenvalue weighted by Gasteiger charge is -2.26. The van der Waals surface area contributed by atoms with Crippen molar-refractivity contribution in [1.82, 2.24) is 5.32 Å². The monoisotopic (exact) mass is 325 g/mol. The Labute approximate surface area is 142 Å². The fourth-order valence-corrected chi connectivity index (χ4v) is 3.18. The second-order valence-corrected chi connectivity index (χ2v) is 6.09. The van der Waals surface area contributed by atoms with E-state index in [0.29, 0.717) is 24.6 Å². The van der Waals surface area contributed by atoms with E-state index in [2.05, 4.69) is 17.4 Å². The molecule has 0 aliphatic carbocycles. The summed E-state index contributed by atoms with van der Waals surface area (Å²) in [5.74, 6) is 2.04. The number of hydrogen-bond donors (Lipinski definition) is 1. The van der Waals surface area contributed by atoms with Gasteiger partial charge in [0.05, 0.1) is 13.7 Å². The summed E-state index contributed by atoms with van der Waals surface area (Å²) in [4.78, 5) is 12.0. The molecule has 0 bridgehead atoms. The van der Waals surface area contributed by atoms with E-state index in [1.807, 2.05) is 37.3 Å². The van der Waals surface area contributed by atoms with Crippen molar-refractivity contribution in [3.05, 3.63) is 59.2 Å². The molecule has 3 rings (SSSR count). The molecule has 1 amide bonds. The zero-order chi connectivity index (χ0) is 16.9. The number of methoxy groups -OCH3 is 1. The number of hydrogen-bond acceptors (Lipinski definition) is 3. The molecular formula is C20H23NO3. The van der Waals surface area contributed by atoms with Gasteiger partial charge in [0.25, 0.3) is 5.91 Å². The van der Waals surface area contributed by atoms with Crippen LogP contribution in [0.5, 0.6) is 11.5 Å². The molecule has 1 heterocycles. The van der Waals surface area contributed by atoms with Crippen LogP contribution in [-0.2, 0) is 12.8 Å². The number of carbonyl (C=O) groups excluding carboxylic acids is 1.